The molecule has 2 aromatic heterocycles. The average molecular weight is 394 g/mol. The second kappa shape index (κ2) is 7.32. The number of aromatic amines is 1. The molecular weight excluding hydrogens is 376 g/mol. The smallest absolute Gasteiger partial charge is 0.213 e. The lowest BCUT2D eigenvalue weighted by Gasteiger charge is -2.11. The fourth-order valence-corrected chi connectivity index (χ4v) is 3.68. The predicted molar refractivity (Wildman–Crippen MR) is 106 cm³/mol. The number of hydrogen-bond acceptors (Lipinski definition) is 6. The van der Waals surface area contributed by atoms with Crippen LogP contribution in [0.5, 0.6) is 17.5 Å². The van der Waals surface area contributed by atoms with Crippen LogP contribution >= 0.6 is 11.8 Å². The van der Waals surface area contributed by atoms with Crippen LogP contribution in [-0.4, -0.2) is 37.1 Å². The zero-order chi connectivity index (χ0) is 19.7. The number of methoxy groups -OCH3 is 1. The standard InChI is InChI=1S/C20H18N4O3S/c1-12-6-5-7-13(10-12)18-21-20(23-22-18)28-16-11-17(25)24(19(16)26)14-8-3-4-9-15(14)27-2/h3-11,25-26H,1-2H3,(H,21,22,23). The Morgan fingerprint density at radius 2 is 1.89 bits per heavy atom. The number of nitrogens with one attached hydrogen (secondary N) is 1. The van der Waals surface area contributed by atoms with Gasteiger partial charge < -0.3 is 14.9 Å². The van der Waals surface area contributed by atoms with Crippen LogP contribution in [0.4, 0.5) is 0 Å². The average Bonchev–Trinajstić information content (AvgIpc) is 3.27. The summed E-state index contributed by atoms with van der Waals surface area (Å²) in [5.74, 6) is 0.937. The monoisotopic (exact) mass is 394 g/mol. The molecule has 0 atom stereocenters. The van der Waals surface area contributed by atoms with E-state index in [2.05, 4.69) is 15.2 Å². The van der Waals surface area contributed by atoms with Crippen molar-refractivity contribution in [2.24, 2.45) is 0 Å². The molecule has 28 heavy (non-hydrogen) atoms. The molecule has 0 aliphatic carbocycles. The number of para-hydroxylation sites is 2. The molecule has 8 heteroatoms. The van der Waals surface area contributed by atoms with Gasteiger partial charge in [-0.3, -0.25) is 5.10 Å². The molecule has 0 unspecified atom stereocenters. The van der Waals surface area contributed by atoms with Crippen LogP contribution in [0.15, 0.2) is 64.6 Å². The number of benzene rings is 2. The molecule has 0 aliphatic rings. The first-order chi connectivity index (χ1) is 13.6. The number of hydrogen-bond donors (Lipinski definition) is 3. The Morgan fingerprint density at radius 1 is 1.07 bits per heavy atom. The van der Waals surface area contributed by atoms with E-state index in [9.17, 15) is 10.2 Å². The molecule has 4 aromatic rings. The maximum atomic E-state index is 10.7. The maximum Gasteiger partial charge on any atom is 0.213 e. The minimum Gasteiger partial charge on any atom is -0.495 e. The second-order valence-corrected chi connectivity index (χ2v) is 7.14. The van der Waals surface area contributed by atoms with Gasteiger partial charge in [0.1, 0.15) is 5.75 Å². The summed E-state index contributed by atoms with van der Waals surface area (Å²) < 4.78 is 6.63. The molecule has 0 spiro atoms. The van der Waals surface area contributed by atoms with Crippen molar-refractivity contribution in [2.75, 3.05) is 7.11 Å². The Bertz CT molecular complexity index is 1140. The van der Waals surface area contributed by atoms with E-state index in [1.54, 1.807) is 18.2 Å². The quantitative estimate of drug-likeness (QED) is 0.471. The van der Waals surface area contributed by atoms with Gasteiger partial charge in [0.25, 0.3) is 0 Å². The molecular formula is C20H18N4O3S. The Kier molecular flexibility index (Phi) is 4.70. The van der Waals surface area contributed by atoms with Crippen molar-refractivity contribution >= 4 is 11.8 Å². The van der Waals surface area contributed by atoms with Gasteiger partial charge in [0.15, 0.2) is 11.7 Å². The molecule has 2 heterocycles. The van der Waals surface area contributed by atoms with Gasteiger partial charge in [-0.1, -0.05) is 35.9 Å². The first-order valence-electron chi connectivity index (χ1n) is 8.51. The Hall–Kier alpha value is -3.39. The molecule has 142 valence electrons. The molecule has 0 saturated heterocycles. The van der Waals surface area contributed by atoms with Gasteiger partial charge in [0.2, 0.25) is 11.0 Å². The summed E-state index contributed by atoms with van der Waals surface area (Å²) in [6, 6.07) is 16.5. The first kappa shape index (κ1) is 18.0. The van der Waals surface area contributed by atoms with E-state index in [1.165, 1.54) is 17.7 Å². The number of aromatic nitrogens is 4. The normalized spacial score (nSPS) is 10.9. The Balaban J connectivity index is 1.65. The van der Waals surface area contributed by atoms with Gasteiger partial charge in [-0.25, -0.2) is 9.55 Å². The van der Waals surface area contributed by atoms with Crippen LogP contribution in [-0.2, 0) is 0 Å². The van der Waals surface area contributed by atoms with Crippen molar-refractivity contribution in [1.29, 1.82) is 0 Å². The number of aromatic hydroxyl groups is 2. The highest BCUT2D eigenvalue weighted by atomic mass is 32.2. The summed E-state index contributed by atoms with van der Waals surface area (Å²) >= 11 is 1.15. The predicted octanol–water partition coefficient (Wildman–Crippen LogP) is 4.14. The molecule has 0 bridgehead atoms. The van der Waals surface area contributed by atoms with Crippen LogP contribution in [0, 0.1) is 6.92 Å². The molecule has 3 N–H and O–H groups in total. The highest BCUT2D eigenvalue weighted by Gasteiger charge is 2.20. The van der Waals surface area contributed by atoms with Crippen molar-refractivity contribution in [3.05, 3.63) is 60.2 Å². The summed E-state index contributed by atoms with van der Waals surface area (Å²) in [4.78, 5) is 4.90. The largest absolute Gasteiger partial charge is 0.495 e. The fourth-order valence-electron chi connectivity index (χ4n) is 2.90. The van der Waals surface area contributed by atoms with Gasteiger partial charge in [0.05, 0.1) is 17.7 Å². The number of H-pyrrole nitrogens is 1. The van der Waals surface area contributed by atoms with Crippen molar-refractivity contribution in [3.63, 3.8) is 0 Å². The fraction of sp³-hybridized carbons (Fsp3) is 0.100. The third-order valence-electron chi connectivity index (χ3n) is 4.21. The van der Waals surface area contributed by atoms with E-state index in [0.717, 1.165) is 22.9 Å². The lowest BCUT2D eigenvalue weighted by atomic mass is 10.1. The van der Waals surface area contributed by atoms with E-state index in [-0.39, 0.29) is 11.8 Å². The van der Waals surface area contributed by atoms with E-state index in [1.807, 2.05) is 37.3 Å². The van der Waals surface area contributed by atoms with Crippen LogP contribution in [0.1, 0.15) is 5.56 Å². The van der Waals surface area contributed by atoms with Crippen LogP contribution in [0.25, 0.3) is 17.1 Å². The molecule has 0 amide bonds. The molecule has 7 nitrogen and oxygen atoms in total. The van der Waals surface area contributed by atoms with Crippen molar-refractivity contribution in [2.45, 2.75) is 17.0 Å². The summed E-state index contributed by atoms with van der Waals surface area (Å²) in [7, 11) is 1.53. The lowest BCUT2D eigenvalue weighted by Crippen LogP contribution is -1.96. The van der Waals surface area contributed by atoms with E-state index in [0.29, 0.717) is 27.3 Å². The SMILES string of the molecule is COc1ccccc1-n1c(O)cc(Sc2n[nH]c(-c3cccc(C)c3)n2)c1O. The highest BCUT2D eigenvalue weighted by Crippen LogP contribution is 2.42. The van der Waals surface area contributed by atoms with Crippen LogP contribution in [0.3, 0.4) is 0 Å². The number of ether oxygens (including phenoxy) is 1. The van der Waals surface area contributed by atoms with Gasteiger partial charge in [-0.05, 0) is 36.9 Å². The number of rotatable bonds is 5. The zero-order valence-corrected chi connectivity index (χ0v) is 16.1. The molecule has 4 rings (SSSR count). The zero-order valence-electron chi connectivity index (χ0n) is 15.2. The maximum absolute atomic E-state index is 10.7. The third kappa shape index (κ3) is 3.29. The molecule has 0 aliphatic heterocycles. The minimum atomic E-state index is -0.117. The molecule has 0 fully saturated rings. The summed E-state index contributed by atoms with van der Waals surface area (Å²) in [5.41, 5.74) is 2.58. The minimum absolute atomic E-state index is 0.112. The Labute approximate surface area is 165 Å². The number of nitrogens with zero attached hydrogens (tertiary/aromatic N) is 3. The van der Waals surface area contributed by atoms with E-state index < -0.39 is 0 Å². The topological polar surface area (TPSA) is 96.2 Å². The van der Waals surface area contributed by atoms with E-state index >= 15 is 0 Å². The molecule has 2 aromatic carbocycles. The second-order valence-electron chi connectivity index (χ2n) is 6.14. The van der Waals surface area contributed by atoms with Gasteiger partial charge in [0, 0.05) is 11.6 Å². The van der Waals surface area contributed by atoms with Gasteiger partial charge >= 0.3 is 0 Å². The summed E-state index contributed by atoms with van der Waals surface area (Å²) in [6.07, 6.45) is 0. The third-order valence-corrected chi connectivity index (χ3v) is 5.09. The lowest BCUT2D eigenvalue weighted by molar-refractivity contribution is 0.384. The molecule has 0 radical (unpaired) electrons. The van der Waals surface area contributed by atoms with Crippen molar-refractivity contribution < 1.29 is 14.9 Å². The van der Waals surface area contributed by atoms with Crippen molar-refractivity contribution in [1.82, 2.24) is 19.7 Å². The van der Waals surface area contributed by atoms with E-state index in [4.69, 9.17) is 4.74 Å². The van der Waals surface area contributed by atoms with Crippen LogP contribution < -0.4 is 4.74 Å². The number of aryl methyl sites for hydroxylation is 1. The highest BCUT2D eigenvalue weighted by molar-refractivity contribution is 7.99. The molecule has 0 saturated carbocycles. The summed E-state index contributed by atoms with van der Waals surface area (Å²) in [5, 5.41) is 28.6. The first-order valence-corrected chi connectivity index (χ1v) is 9.33. The summed E-state index contributed by atoms with van der Waals surface area (Å²) in [6.45, 7) is 2.01. The Morgan fingerprint density at radius 3 is 2.68 bits per heavy atom. The van der Waals surface area contributed by atoms with Gasteiger partial charge in [-0.2, -0.15) is 0 Å². The van der Waals surface area contributed by atoms with Crippen molar-refractivity contribution in [3.8, 4) is 34.6 Å². The van der Waals surface area contributed by atoms with Crippen LogP contribution in [0.2, 0.25) is 0 Å². The van der Waals surface area contributed by atoms with Gasteiger partial charge in [-0.15, -0.1) is 5.10 Å².